The molecule has 1 fully saturated rings. The molecule has 0 aromatic heterocycles. The predicted molar refractivity (Wildman–Crippen MR) is 98.0 cm³/mol. The Kier molecular flexibility index (Phi) is 4.53. The van der Waals surface area contributed by atoms with E-state index in [1.165, 1.54) is 4.90 Å². The first kappa shape index (κ1) is 17.7. The molecule has 2 aliphatic rings. The number of ether oxygens (including phenoxy) is 1. The molecule has 0 aliphatic carbocycles. The minimum absolute atomic E-state index is 0.221. The van der Waals surface area contributed by atoms with E-state index in [4.69, 9.17) is 10.00 Å². The first-order valence-corrected chi connectivity index (χ1v) is 8.95. The summed E-state index contributed by atoms with van der Waals surface area (Å²) >= 11 is 0. The first-order valence-electron chi connectivity index (χ1n) is 8.95. The molecule has 4 rings (SSSR count). The van der Waals surface area contributed by atoms with E-state index in [0.29, 0.717) is 29.9 Å². The van der Waals surface area contributed by atoms with Crippen LogP contribution in [-0.2, 0) is 22.7 Å². The van der Waals surface area contributed by atoms with E-state index in [0.717, 1.165) is 11.1 Å². The highest BCUT2D eigenvalue weighted by molar-refractivity contribution is 6.05. The van der Waals surface area contributed by atoms with Gasteiger partial charge in [-0.15, -0.1) is 0 Å². The van der Waals surface area contributed by atoms with Gasteiger partial charge in [0, 0.05) is 17.5 Å². The van der Waals surface area contributed by atoms with Gasteiger partial charge in [0.15, 0.2) is 0 Å². The highest BCUT2D eigenvalue weighted by Crippen LogP contribution is 2.33. The molecule has 28 heavy (non-hydrogen) atoms. The fourth-order valence-corrected chi connectivity index (χ4v) is 3.53. The summed E-state index contributed by atoms with van der Waals surface area (Å²) < 4.78 is 5.92. The third-order valence-electron chi connectivity index (χ3n) is 5.02. The SMILES string of the molecule is N#Cc1ccc(COc2cccc3c2CN(C2CCC(=O)NC2=O)C3=O)cc1. The number of nitriles is 1. The number of carbonyl (C=O) groups excluding carboxylic acids is 3. The van der Waals surface area contributed by atoms with Gasteiger partial charge in [0.1, 0.15) is 18.4 Å². The topological polar surface area (TPSA) is 99.5 Å². The Morgan fingerprint density at radius 1 is 1.14 bits per heavy atom. The molecular weight excluding hydrogens is 358 g/mol. The lowest BCUT2D eigenvalue weighted by molar-refractivity contribution is -0.136. The molecule has 1 saturated heterocycles. The molecule has 3 amide bonds. The maximum atomic E-state index is 12.8. The molecular formula is C21H17N3O4. The first-order chi connectivity index (χ1) is 13.6. The van der Waals surface area contributed by atoms with Gasteiger partial charge in [-0.1, -0.05) is 18.2 Å². The van der Waals surface area contributed by atoms with Gasteiger partial charge in [0.05, 0.1) is 18.2 Å². The van der Waals surface area contributed by atoms with Crippen LogP contribution in [-0.4, -0.2) is 28.7 Å². The van der Waals surface area contributed by atoms with E-state index < -0.39 is 11.9 Å². The van der Waals surface area contributed by atoms with Crippen molar-refractivity contribution >= 4 is 17.7 Å². The summed E-state index contributed by atoms with van der Waals surface area (Å²) in [5.74, 6) is -0.382. The third kappa shape index (κ3) is 3.21. The number of fused-ring (bicyclic) bond motifs is 1. The number of carbonyl (C=O) groups is 3. The van der Waals surface area contributed by atoms with Crippen LogP contribution in [0.25, 0.3) is 0 Å². The van der Waals surface area contributed by atoms with Crippen LogP contribution in [0.1, 0.15) is 39.9 Å². The molecule has 0 bridgehead atoms. The number of nitrogens with zero attached hydrogens (tertiary/aromatic N) is 2. The Bertz CT molecular complexity index is 1010. The number of piperidine rings is 1. The summed E-state index contributed by atoms with van der Waals surface area (Å²) in [6.45, 7) is 0.568. The number of hydrogen-bond donors (Lipinski definition) is 1. The molecule has 1 atom stereocenters. The average molecular weight is 375 g/mol. The summed E-state index contributed by atoms with van der Waals surface area (Å²) in [6.07, 6.45) is 0.546. The van der Waals surface area contributed by atoms with Gasteiger partial charge < -0.3 is 9.64 Å². The average Bonchev–Trinajstić information content (AvgIpc) is 3.04. The molecule has 0 saturated carbocycles. The summed E-state index contributed by atoms with van der Waals surface area (Å²) in [5, 5.41) is 11.2. The molecule has 2 aromatic rings. The van der Waals surface area contributed by atoms with Crippen molar-refractivity contribution in [2.24, 2.45) is 0 Å². The molecule has 2 aliphatic heterocycles. The van der Waals surface area contributed by atoms with E-state index in [9.17, 15) is 14.4 Å². The Morgan fingerprint density at radius 2 is 1.93 bits per heavy atom. The molecule has 7 heteroatoms. The van der Waals surface area contributed by atoms with Crippen molar-refractivity contribution in [2.45, 2.75) is 32.0 Å². The van der Waals surface area contributed by atoms with Crippen molar-refractivity contribution < 1.29 is 19.1 Å². The van der Waals surface area contributed by atoms with E-state index in [-0.39, 0.29) is 24.8 Å². The molecule has 0 radical (unpaired) electrons. The van der Waals surface area contributed by atoms with E-state index in [1.54, 1.807) is 30.3 Å². The van der Waals surface area contributed by atoms with Crippen LogP contribution in [0.3, 0.4) is 0 Å². The smallest absolute Gasteiger partial charge is 0.255 e. The van der Waals surface area contributed by atoms with Crippen LogP contribution in [0, 0.1) is 11.3 Å². The molecule has 140 valence electrons. The minimum Gasteiger partial charge on any atom is -0.489 e. The van der Waals surface area contributed by atoms with Crippen molar-refractivity contribution in [1.29, 1.82) is 5.26 Å². The molecule has 7 nitrogen and oxygen atoms in total. The highest BCUT2D eigenvalue weighted by Gasteiger charge is 2.40. The Hall–Kier alpha value is -3.66. The van der Waals surface area contributed by atoms with Crippen molar-refractivity contribution in [1.82, 2.24) is 10.2 Å². The maximum Gasteiger partial charge on any atom is 0.255 e. The summed E-state index contributed by atoms with van der Waals surface area (Å²) in [5.41, 5.74) is 2.74. The Morgan fingerprint density at radius 3 is 2.64 bits per heavy atom. The number of hydrogen-bond acceptors (Lipinski definition) is 5. The lowest BCUT2D eigenvalue weighted by atomic mass is 10.0. The lowest BCUT2D eigenvalue weighted by Gasteiger charge is -2.29. The van der Waals surface area contributed by atoms with E-state index in [2.05, 4.69) is 11.4 Å². The van der Waals surface area contributed by atoms with Crippen LogP contribution in [0.4, 0.5) is 0 Å². The molecule has 0 spiro atoms. The zero-order chi connectivity index (χ0) is 19.7. The Labute approximate surface area is 161 Å². The zero-order valence-corrected chi connectivity index (χ0v) is 15.0. The second-order valence-corrected chi connectivity index (χ2v) is 6.78. The normalized spacial score (nSPS) is 18.5. The van der Waals surface area contributed by atoms with Crippen LogP contribution >= 0.6 is 0 Å². The van der Waals surface area contributed by atoms with Gasteiger partial charge in [0.2, 0.25) is 11.8 Å². The van der Waals surface area contributed by atoms with Gasteiger partial charge >= 0.3 is 0 Å². The van der Waals surface area contributed by atoms with Gasteiger partial charge in [-0.05, 0) is 36.2 Å². The fraction of sp³-hybridized carbons (Fsp3) is 0.238. The standard InChI is InChI=1S/C21H17N3O4/c22-10-13-4-6-14(7-5-13)12-28-18-3-1-2-15-16(18)11-24(21(15)27)17-8-9-19(25)23-20(17)26/h1-7,17H,8-9,11-12H2,(H,23,25,26). The molecule has 1 N–H and O–H groups in total. The third-order valence-corrected chi connectivity index (χ3v) is 5.02. The van der Waals surface area contributed by atoms with Crippen molar-refractivity contribution in [3.63, 3.8) is 0 Å². The van der Waals surface area contributed by atoms with E-state index in [1.807, 2.05) is 12.1 Å². The van der Waals surface area contributed by atoms with Crippen molar-refractivity contribution in [2.75, 3.05) is 0 Å². The quantitative estimate of drug-likeness (QED) is 0.823. The van der Waals surface area contributed by atoms with Gasteiger partial charge in [-0.2, -0.15) is 5.26 Å². The molecule has 2 aromatic carbocycles. The largest absolute Gasteiger partial charge is 0.489 e. The van der Waals surface area contributed by atoms with Crippen LogP contribution in [0.2, 0.25) is 0 Å². The van der Waals surface area contributed by atoms with Gasteiger partial charge in [-0.25, -0.2) is 0 Å². The predicted octanol–water partition coefficient (Wildman–Crippen LogP) is 1.90. The number of benzene rings is 2. The number of amides is 3. The molecule has 2 heterocycles. The van der Waals surface area contributed by atoms with Crippen LogP contribution in [0.15, 0.2) is 42.5 Å². The molecule has 1 unspecified atom stereocenters. The Balaban J connectivity index is 1.51. The number of rotatable bonds is 4. The summed E-state index contributed by atoms with van der Waals surface area (Å²) in [7, 11) is 0. The minimum atomic E-state index is -0.649. The lowest BCUT2D eigenvalue weighted by Crippen LogP contribution is -2.52. The number of nitrogens with one attached hydrogen (secondary N) is 1. The van der Waals surface area contributed by atoms with Gasteiger partial charge in [0.25, 0.3) is 5.91 Å². The van der Waals surface area contributed by atoms with Crippen LogP contribution < -0.4 is 10.1 Å². The summed E-state index contributed by atoms with van der Waals surface area (Å²) in [6, 6.07) is 13.8. The van der Waals surface area contributed by atoms with Crippen molar-refractivity contribution in [3.05, 3.63) is 64.7 Å². The zero-order valence-electron chi connectivity index (χ0n) is 15.0. The monoisotopic (exact) mass is 375 g/mol. The highest BCUT2D eigenvalue weighted by atomic mass is 16.5. The van der Waals surface area contributed by atoms with Crippen LogP contribution in [0.5, 0.6) is 5.75 Å². The van der Waals surface area contributed by atoms with E-state index >= 15 is 0 Å². The number of imide groups is 1. The fourth-order valence-electron chi connectivity index (χ4n) is 3.53. The maximum absolute atomic E-state index is 12.8. The van der Waals surface area contributed by atoms with Gasteiger partial charge in [-0.3, -0.25) is 19.7 Å². The second kappa shape index (κ2) is 7.16. The van der Waals surface area contributed by atoms with Crippen molar-refractivity contribution in [3.8, 4) is 11.8 Å². The summed E-state index contributed by atoms with van der Waals surface area (Å²) in [4.78, 5) is 37.8. The second-order valence-electron chi connectivity index (χ2n) is 6.78.